The van der Waals surface area contributed by atoms with Crippen molar-refractivity contribution in [2.24, 2.45) is 0 Å². The molecule has 22 heavy (non-hydrogen) atoms. The first kappa shape index (κ1) is 16.0. The highest BCUT2D eigenvalue weighted by molar-refractivity contribution is 7.92. The summed E-state index contributed by atoms with van der Waals surface area (Å²) in [7, 11) is -4.01. The van der Waals surface area contributed by atoms with E-state index in [9.17, 15) is 17.6 Å². The number of benzene rings is 2. The van der Waals surface area contributed by atoms with Gasteiger partial charge in [0, 0.05) is 0 Å². The minimum absolute atomic E-state index is 0.0127. The van der Waals surface area contributed by atoms with Gasteiger partial charge in [-0.3, -0.25) is 4.72 Å². The van der Waals surface area contributed by atoms with Crippen molar-refractivity contribution < 1.29 is 22.7 Å². The fourth-order valence-corrected chi connectivity index (χ4v) is 3.43. The van der Waals surface area contributed by atoms with E-state index < -0.39 is 27.4 Å². The van der Waals surface area contributed by atoms with E-state index in [1.54, 1.807) is 19.1 Å². The van der Waals surface area contributed by atoms with E-state index in [1.807, 2.05) is 6.92 Å². The van der Waals surface area contributed by atoms with E-state index in [2.05, 4.69) is 4.72 Å². The van der Waals surface area contributed by atoms with Gasteiger partial charge in [0.25, 0.3) is 10.0 Å². The fourth-order valence-electron chi connectivity index (χ4n) is 2.13. The van der Waals surface area contributed by atoms with Crippen molar-refractivity contribution in [3.8, 4) is 0 Å². The average molecular weight is 323 g/mol. The predicted octanol–water partition coefficient (Wildman–Crippen LogP) is 2.94. The zero-order valence-corrected chi connectivity index (χ0v) is 12.7. The Morgan fingerprint density at radius 1 is 1.18 bits per heavy atom. The van der Waals surface area contributed by atoms with Crippen LogP contribution in [0.2, 0.25) is 0 Å². The highest BCUT2D eigenvalue weighted by atomic mass is 32.2. The first-order valence-electron chi connectivity index (χ1n) is 6.34. The third-order valence-electron chi connectivity index (χ3n) is 3.09. The van der Waals surface area contributed by atoms with Crippen LogP contribution in [0.1, 0.15) is 21.5 Å². The number of hydrogen-bond acceptors (Lipinski definition) is 3. The molecular formula is C15H14FNO4S. The normalized spacial score (nSPS) is 11.2. The van der Waals surface area contributed by atoms with E-state index in [1.165, 1.54) is 18.2 Å². The summed E-state index contributed by atoms with van der Waals surface area (Å²) >= 11 is 0. The van der Waals surface area contributed by atoms with Crippen molar-refractivity contribution in [2.45, 2.75) is 18.7 Å². The van der Waals surface area contributed by atoms with Gasteiger partial charge in [0.15, 0.2) is 0 Å². The van der Waals surface area contributed by atoms with Crippen LogP contribution in [-0.2, 0) is 10.0 Å². The van der Waals surface area contributed by atoms with Crippen molar-refractivity contribution in [3.63, 3.8) is 0 Å². The molecule has 0 heterocycles. The molecule has 5 nitrogen and oxygen atoms in total. The summed E-state index contributed by atoms with van der Waals surface area (Å²) in [6.45, 7) is 3.46. The number of halogens is 1. The molecule has 0 unspecified atom stereocenters. The first-order chi connectivity index (χ1) is 10.2. The van der Waals surface area contributed by atoms with Crippen LogP contribution in [0.25, 0.3) is 0 Å². The molecule has 0 saturated carbocycles. The number of carboxylic acids is 1. The van der Waals surface area contributed by atoms with E-state index in [-0.39, 0.29) is 10.6 Å². The second-order valence-electron chi connectivity index (χ2n) is 4.84. The molecule has 0 aliphatic rings. The summed E-state index contributed by atoms with van der Waals surface area (Å²) in [4.78, 5) is 11.1. The van der Waals surface area contributed by atoms with Gasteiger partial charge in [-0.2, -0.15) is 0 Å². The lowest BCUT2D eigenvalue weighted by Gasteiger charge is -2.13. The van der Waals surface area contributed by atoms with Gasteiger partial charge < -0.3 is 5.11 Å². The highest BCUT2D eigenvalue weighted by Gasteiger charge is 2.22. The number of sulfonamides is 1. The number of aryl methyl sites for hydroxylation is 2. The molecule has 0 aliphatic heterocycles. The molecule has 0 fully saturated rings. The van der Waals surface area contributed by atoms with E-state index in [0.29, 0.717) is 5.56 Å². The van der Waals surface area contributed by atoms with Crippen LogP contribution in [0.4, 0.5) is 10.1 Å². The molecule has 0 bridgehead atoms. The topological polar surface area (TPSA) is 83.5 Å². The summed E-state index contributed by atoms with van der Waals surface area (Å²) in [5.41, 5.74) is 0.387. The lowest BCUT2D eigenvalue weighted by molar-refractivity contribution is 0.0693. The van der Waals surface area contributed by atoms with Crippen molar-refractivity contribution in [1.29, 1.82) is 0 Å². The second kappa shape index (κ2) is 5.76. The minimum atomic E-state index is -4.01. The van der Waals surface area contributed by atoms with Gasteiger partial charge in [-0.05, 0) is 37.6 Å². The van der Waals surface area contributed by atoms with Crippen LogP contribution in [0.15, 0.2) is 41.3 Å². The number of aromatic carboxylic acids is 1. The van der Waals surface area contributed by atoms with E-state index >= 15 is 0 Å². The number of hydrogen-bond donors (Lipinski definition) is 2. The smallest absolute Gasteiger partial charge is 0.340 e. The molecule has 7 heteroatoms. The second-order valence-corrected chi connectivity index (χ2v) is 6.49. The number of carboxylic acid groups (broad SMARTS) is 1. The highest BCUT2D eigenvalue weighted by Crippen LogP contribution is 2.24. The molecule has 2 aromatic carbocycles. The number of anilines is 1. The molecule has 0 atom stereocenters. The summed E-state index contributed by atoms with van der Waals surface area (Å²) in [5, 5.41) is 9.03. The monoisotopic (exact) mass is 323 g/mol. The van der Waals surface area contributed by atoms with Crippen LogP contribution >= 0.6 is 0 Å². The van der Waals surface area contributed by atoms with Crippen molar-refractivity contribution in [3.05, 3.63) is 58.9 Å². The van der Waals surface area contributed by atoms with Gasteiger partial charge in [-0.15, -0.1) is 0 Å². The number of rotatable bonds is 4. The van der Waals surface area contributed by atoms with Crippen molar-refractivity contribution in [1.82, 2.24) is 0 Å². The molecule has 0 saturated heterocycles. The molecule has 0 amide bonds. The van der Waals surface area contributed by atoms with Gasteiger partial charge in [0.05, 0.1) is 10.6 Å². The van der Waals surface area contributed by atoms with Crippen LogP contribution in [-0.4, -0.2) is 19.5 Å². The summed E-state index contributed by atoms with van der Waals surface area (Å²) in [5.74, 6) is -2.55. The average Bonchev–Trinajstić information content (AvgIpc) is 2.36. The van der Waals surface area contributed by atoms with Crippen LogP contribution < -0.4 is 4.72 Å². The Morgan fingerprint density at radius 3 is 2.45 bits per heavy atom. The van der Waals surface area contributed by atoms with E-state index in [4.69, 9.17) is 5.11 Å². The van der Waals surface area contributed by atoms with Crippen LogP contribution in [0, 0.1) is 19.7 Å². The van der Waals surface area contributed by atoms with Gasteiger partial charge in [-0.1, -0.05) is 23.8 Å². The van der Waals surface area contributed by atoms with Crippen LogP contribution in [0.5, 0.6) is 0 Å². The molecule has 0 radical (unpaired) electrons. The maximum atomic E-state index is 13.6. The molecule has 2 N–H and O–H groups in total. The molecule has 0 aromatic heterocycles. The molecule has 2 aromatic rings. The Labute approximate surface area is 127 Å². The van der Waals surface area contributed by atoms with Crippen LogP contribution in [0.3, 0.4) is 0 Å². The molecule has 2 rings (SSSR count). The largest absolute Gasteiger partial charge is 0.478 e. The van der Waals surface area contributed by atoms with Crippen molar-refractivity contribution >= 4 is 21.7 Å². The SMILES string of the molecule is Cc1ccc(S(=O)(=O)Nc2cccc(F)c2C(=O)O)c(C)c1. The Balaban J connectivity index is 2.50. The quantitative estimate of drug-likeness (QED) is 0.906. The predicted molar refractivity (Wildman–Crippen MR) is 80.1 cm³/mol. The Bertz CT molecular complexity index is 847. The van der Waals surface area contributed by atoms with Gasteiger partial charge in [0.1, 0.15) is 11.4 Å². The molecule has 0 spiro atoms. The fraction of sp³-hybridized carbons (Fsp3) is 0.133. The first-order valence-corrected chi connectivity index (χ1v) is 7.82. The summed E-state index contributed by atoms with van der Waals surface area (Å²) in [6, 6.07) is 8.14. The lowest BCUT2D eigenvalue weighted by atomic mass is 10.2. The maximum Gasteiger partial charge on any atom is 0.340 e. The number of nitrogens with one attached hydrogen (secondary N) is 1. The Kier molecular flexibility index (Phi) is 4.18. The van der Waals surface area contributed by atoms with Crippen molar-refractivity contribution in [2.75, 3.05) is 4.72 Å². The third kappa shape index (κ3) is 3.09. The van der Waals surface area contributed by atoms with Gasteiger partial charge in [0.2, 0.25) is 0 Å². The van der Waals surface area contributed by atoms with Gasteiger partial charge >= 0.3 is 5.97 Å². The molecular weight excluding hydrogens is 309 g/mol. The maximum absolute atomic E-state index is 13.6. The summed E-state index contributed by atoms with van der Waals surface area (Å²) < 4.78 is 40.5. The Hall–Kier alpha value is -2.41. The number of carbonyl (C=O) groups is 1. The standard InChI is InChI=1S/C15H14FNO4S/c1-9-6-7-13(10(2)8-9)22(20,21)17-12-5-3-4-11(16)14(12)15(18)19/h3-8,17H,1-2H3,(H,18,19). The molecule has 0 aliphatic carbocycles. The third-order valence-corrected chi connectivity index (χ3v) is 4.62. The minimum Gasteiger partial charge on any atom is -0.478 e. The zero-order valence-electron chi connectivity index (χ0n) is 11.9. The lowest BCUT2D eigenvalue weighted by Crippen LogP contribution is -2.17. The van der Waals surface area contributed by atoms with E-state index in [0.717, 1.165) is 11.6 Å². The summed E-state index contributed by atoms with van der Waals surface area (Å²) in [6.07, 6.45) is 0. The Morgan fingerprint density at radius 2 is 1.86 bits per heavy atom. The van der Waals surface area contributed by atoms with Gasteiger partial charge in [-0.25, -0.2) is 17.6 Å². The zero-order chi connectivity index (χ0) is 16.5. The molecule has 116 valence electrons.